The van der Waals surface area contributed by atoms with Gasteiger partial charge in [0.05, 0.1) is 18.4 Å². The van der Waals surface area contributed by atoms with Gasteiger partial charge in [-0.1, -0.05) is 30.3 Å². The lowest BCUT2D eigenvalue weighted by Gasteiger charge is -2.34. The zero-order valence-electron chi connectivity index (χ0n) is 15.9. The number of carbonyl (C=O) groups is 2. The second-order valence-electron chi connectivity index (χ2n) is 6.86. The first-order valence-corrected chi connectivity index (χ1v) is 10.4. The summed E-state index contributed by atoms with van der Waals surface area (Å²) in [4.78, 5) is 33.4. The lowest BCUT2D eigenvalue weighted by atomic mass is 10.1. The fourth-order valence-corrected chi connectivity index (χ4v) is 4.11. The van der Waals surface area contributed by atoms with E-state index in [1.54, 1.807) is 17.2 Å². The van der Waals surface area contributed by atoms with Crippen LogP contribution < -0.4 is 5.32 Å². The highest BCUT2D eigenvalue weighted by Crippen LogP contribution is 2.23. The summed E-state index contributed by atoms with van der Waals surface area (Å²) in [7, 11) is 0. The predicted molar refractivity (Wildman–Crippen MR) is 110 cm³/mol. The molecule has 0 bridgehead atoms. The third kappa shape index (κ3) is 4.72. The molecule has 0 radical (unpaired) electrons. The summed E-state index contributed by atoms with van der Waals surface area (Å²) in [5.74, 6) is -0.0839. The highest BCUT2D eigenvalue weighted by Gasteiger charge is 2.25. The fourth-order valence-electron chi connectivity index (χ4n) is 3.40. The molecule has 8 heteroatoms. The number of nitrogens with one attached hydrogen (secondary N) is 1. The molecule has 1 aliphatic heterocycles. The van der Waals surface area contributed by atoms with Gasteiger partial charge in [0.1, 0.15) is 17.3 Å². The molecule has 2 amide bonds. The van der Waals surface area contributed by atoms with Crippen LogP contribution in [0.4, 0.5) is 0 Å². The number of carbonyl (C=O) groups excluding carboxylic acids is 2. The molecule has 1 fully saturated rings. The van der Waals surface area contributed by atoms with E-state index in [2.05, 4.69) is 15.2 Å². The maximum Gasteiger partial charge on any atom is 0.257 e. The molecule has 1 aromatic carbocycles. The molecule has 29 heavy (non-hydrogen) atoms. The number of nitrogens with zero attached hydrogens (tertiary/aromatic N) is 3. The van der Waals surface area contributed by atoms with Crippen molar-refractivity contribution in [3.63, 3.8) is 0 Å². The molecule has 150 valence electrons. The van der Waals surface area contributed by atoms with Gasteiger partial charge in [-0.25, -0.2) is 4.98 Å². The van der Waals surface area contributed by atoms with Gasteiger partial charge in [-0.15, -0.1) is 11.3 Å². The van der Waals surface area contributed by atoms with Gasteiger partial charge in [0.15, 0.2) is 0 Å². The van der Waals surface area contributed by atoms with Crippen molar-refractivity contribution in [1.82, 2.24) is 20.1 Å². The molecule has 0 spiro atoms. The zero-order valence-corrected chi connectivity index (χ0v) is 16.7. The minimum atomic E-state index is -0.257. The summed E-state index contributed by atoms with van der Waals surface area (Å²) in [6.45, 7) is 2.79. The molecule has 1 N–H and O–H groups in total. The van der Waals surface area contributed by atoms with E-state index in [1.165, 1.54) is 23.9 Å². The second-order valence-corrected chi connectivity index (χ2v) is 7.79. The number of furan rings is 1. The van der Waals surface area contributed by atoms with Crippen molar-refractivity contribution in [2.45, 2.75) is 6.04 Å². The molecule has 1 aliphatic rings. The number of amides is 2. The molecule has 1 saturated heterocycles. The monoisotopic (exact) mass is 410 g/mol. The molecular formula is C21H22N4O3S. The molecular weight excluding hydrogens is 388 g/mol. The van der Waals surface area contributed by atoms with Crippen LogP contribution in [0.5, 0.6) is 0 Å². The fraction of sp³-hybridized carbons (Fsp3) is 0.286. The van der Waals surface area contributed by atoms with Crippen molar-refractivity contribution in [3.8, 4) is 0 Å². The summed E-state index contributed by atoms with van der Waals surface area (Å²) >= 11 is 1.52. The van der Waals surface area contributed by atoms with Crippen molar-refractivity contribution >= 4 is 23.2 Å². The van der Waals surface area contributed by atoms with Crippen molar-refractivity contribution in [2.75, 3.05) is 32.7 Å². The average molecular weight is 410 g/mol. The Balaban J connectivity index is 1.33. The maximum absolute atomic E-state index is 12.7. The SMILES string of the molecule is O=C(CN1CCN(C(=O)c2ccoc2)CC1)NC(c1ccccc1)c1nccs1. The van der Waals surface area contributed by atoms with Crippen molar-refractivity contribution in [2.24, 2.45) is 0 Å². The van der Waals surface area contributed by atoms with E-state index in [9.17, 15) is 9.59 Å². The second kappa shape index (κ2) is 9.02. The lowest BCUT2D eigenvalue weighted by molar-refractivity contribution is -0.123. The predicted octanol–water partition coefficient (Wildman–Crippen LogP) is 2.40. The summed E-state index contributed by atoms with van der Waals surface area (Å²) in [5.41, 5.74) is 1.57. The number of piperazine rings is 1. The van der Waals surface area contributed by atoms with Gasteiger partial charge >= 0.3 is 0 Å². The van der Waals surface area contributed by atoms with E-state index in [0.717, 1.165) is 10.6 Å². The molecule has 3 heterocycles. The van der Waals surface area contributed by atoms with Crippen LogP contribution in [0.15, 0.2) is 64.9 Å². The standard InChI is InChI=1S/C21H22N4O3S/c26-18(23-19(20-22-7-13-29-20)16-4-2-1-3-5-16)14-24-8-10-25(11-9-24)21(27)17-6-12-28-15-17/h1-7,12-13,15,19H,8-11,14H2,(H,23,26). The van der Waals surface area contributed by atoms with E-state index < -0.39 is 0 Å². The summed E-state index contributed by atoms with van der Waals surface area (Å²) in [6, 6.07) is 11.3. The highest BCUT2D eigenvalue weighted by molar-refractivity contribution is 7.09. The highest BCUT2D eigenvalue weighted by atomic mass is 32.1. The minimum absolute atomic E-state index is 0.0317. The minimum Gasteiger partial charge on any atom is -0.472 e. The van der Waals surface area contributed by atoms with Gasteiger partial charge in [-0.05, 0) is 11.6 Å². The molecule has 0 saturated carbocycles. The van der Waals surface area contributed by atoms with E-state index in [-0.39, 0.29) is 17.9 Å². The molecule has 7 nitrogen and oxygen atoms in total. The van der Waals surface area contributed by atoms with E-state index >= 15 is 0 Å². The Labute approximate surface area is 173 Å². The Morgan fingerprint density at radius 1 is 1.14 bits per heavy atom. The molecule has 2 aromatic heterocycles. The van der Waals surface area contributed by atoms with Gasteiger partial charge < -0.3 is 14.6 Å². The third-order valence-electron chi connectivity index (χ3n) is 4.93. The average Bonchev–Trinajstić information content (AvgIpc) is 3.47. The van der Waals surface area contributed by atoms with E-state index in [1.807, 2.05) is 35.7 Å². The van der Waals surface area contributed by atoms with E-state index in [0.29, 0.717) is 38.3 Å². The Hall–Kier alpha value is -2.97. The van der Waals surface area contributed by atoms with Gasteiger partial charge in [0.25, 0.3) is 5.91 Å². The topological polar surface area (TPSA) is 78.7 Å². The largest absolute Gasteiger partial charge is 0.472 e. The number of rotatable bonds is 6. The summed E-state index contributed by atoms with van der Waals surface area (Å²) in [6.07, 6.45) is 4.71. The summed E-state index contributed by atoms with van der Waals surface area (Å²) in [5, 5.41) is 5.89. The smallest absolute Gasteiger partial charge is 0.257 e. The number of hydrogen-bond donors (Lipinski definition) is 1. The molecule has 0 aliphatic carbocycles. The van der Waals surface area contributed by atoms with E-state index in [4.69, 9.17) is 4.42 Å². The lowest BCUT2D eigenvalue weighted by Crippen LogP contribution is -2.51. The molecule has 4 rings (SSSR count). The van der Waals surface area contributed by atoms with Crippen LogP contribution in [-0.4, -0.2) is 59.3 Å². The van der Waals surface area contributed by atoms with Crippen LogP contribution in [0.1, 0.15) is 27.0 Å². The van der Waals surface area contributed by atoms with Gasteiger partial charge in [0.2, 0.25) is 5.91 Å². The number of benzene rings is 1. The first-order valence-electron chi connectivity index (χ1n) is 9.48. The van der Waals surface area contributed by atoms with Crippen LogP contribution in [-0.2, 0) is 4.79 Å². The normalized spacial score (nSPS) is 15.8. The van der Waals surface area contributed by atoms with Crippen molar-refractivity contribution in [3.05, 3.63) is 76.6 Å². The Kier molecular flexibility index (Phi) is 6.02. The third-order valence-corrected chi connectivity index (χ3v) is 5.77. The molecule has 1 unspecified atom stereocenters. The van der Waals surface area contributed by atoms with Crippen LogP contribution in [0, 0.1) is 0 Å². The van der Waals surface area contributed by atoms with Crippen LogP contribution in [0.3, 0.4) is 0 Å². The van der Waals surface area contributed by atoms with Gasteiger partial charge in [-0.3, -0.25) is 14.5 Å². The molecule has 1 atom stereocenters. The number of aromatic nitrogens is 1. The Morgan fingerprint density at radius 2 is 1.93 bits per heavy atom. The number of hydrogen-bond acceptors (Lipinski definition) is 6. The quantitative estimate of drug-likeness (QED) is 0.675. The maximum atomic E-state index is 12.7. The Morgan fingerprint density at radius 3 is 2.59 bits per heavy atom. The number of thiazole rings is 1. The summed E-state index contributed by atoms with van der Waals surface area (Å²) < 4.78 is 4.99. The zero-order chi connectivity index (χ0) is 20.1. The van der Waals surface area contributed by atoms with Crippen molar-refractivity contribution < 1.29 is 14.0 Å². The van der Waals surface area contributed by atoms with Gasteiger partial charge in [0, 0.05) is 37.8 Å². The van der Waals surface area contributed by atoms with Crippen LogP contribution in [0.2, 0.25) is 0 Å². The van der Waals surface area contributed by atoms with Crippen LogP contribution >= 0.6 is 11.3 Å². The van der Waals surface area contributed by atoms with Crippen LogP contribution in [0.25, 0.3) is 0 Å². The first kappa shape index (κ1) is 19.4. The Bertz CT molecular complexity index is 920. The molecule has 3 aromatic rings. The first-order chi connectivity index (χ1) is 14.2. The van der Waals surface area contributed by atoms with Crippen molar-refractivity contribution in [1.29, 1.82) is 0 Å². The van der Waals surface area contributed by atoms with Gasteiger partial charge in [-0.2, -0.15) is 0 Å².